The topological polar surface area (TPSA) is 85.2 Å². The molecule has 0 aliphatic carbocycles. The van der Waals surface area contributed by atoms with Crippen LogP contribution in [0.25, 0.3) is 0 Å². The minimum atomic E-state index is -0.305. The highest BCUT2D eigenvalue weighted by atomic mass is 16.5. The molecule has 2 rings (SSSR count). The molecule has 0 radical (unpaired) electrons. The zero-order chi connectivity index (χ0) is 18.4. The maximum absolute atomic E-state index is 12.4. The summed E-state index contributed by atoms with van der Waals surface area (Å²) in [5.74, 6) is 0.228. The molecule has 2 N–H and O–H groups in total. The van der Waals surface area contributed by atoms with E-state index in [9.17, 15) is 9.59 Å². The van der Waals surface area contributed by atoms with Crippen molar-refractivity contribution in [2.45, 2.75) is 33.2 Å². The number of ether oxygens (including phenoxy) is 1. The largest absolute Gasteiger partial charge is 0.490 e. The number of hydrogen-bond acceptors (Lipinski definition) is 5. The lowest BCUT2D eigenvalue weighted by molar-refractivity contribution is 0.0939. The fourth-order valence-corrected chi connectivity index (χ4v) is 2.19. The maximum atomic E-state index is 12.4. The van der Waals surface area contributed by atoms with Gasteiger partial charge < -0.3 is 15.4 Å². The van der Waals surface area contributed by atoms with Crippen molar-refractivity contribution in [1.82, 2.24) is 15.1 Å². The van der Waals surface area contributed by atoms with Gasteiger partial charge in [0.05, 0.1) is 12.8 Å². The summed E-state index contributed by atoms with van der Waals surface area (Å²) in [5.41, 5.74) is 1.13. The maximum Gasteiger partial charge on any atom is 0.294 e. The van der Waals surface area contributed by atoms with Gasteiger partial charge >= 0.3 is 0 Å². The first kappa shape index (κ1) is 18.5. The van der Waals surface area contributed by atoms with Crippen LogP contribution in [0, 0.1) is 0 Å². The number of carbonyl (C=O) groups excluding carboxylic acids is 1. The first-order chi connectivity index (χ1) is 12.0. The highest BCUT2D eigenvalue weighted by molar-refractivity contribution is 5.95. The minimum Gasteiger partial charge on any atom is -0.490 e. The number of aromatic nitrogens is 2. The van der Waals surface area contributed by atoms with Crippen LogP contribution in [0.5, 0.6) is 5.75 Å². The smallest absolute Gasteiger partial charge is 0.294 e. The summed E-state index contributed by atoms with van der Waals surface area (Å²) in [5, 5.41) is 9.93. The monoisotopic (exact) mass is 344 g/mol. The molecule has 1 aromatic carbocycles. The van der Waals surface area contributed by atoms with Gasteiger partial charge in [-0.1, -0.05) is 13.0 Å². The molecule has 1 aromatic heterocycles. The lowest BCUT2D eigenvalue weighted by Crippen LogP contribution is -2.31. The van der Waals surface area contributed by atoms with Crippen molar-refractivity contribution in [2.24, 2.45) is 7.05 Å². The van der Waals surface area contributed by atoms with E-state index in [1.165, 1.54) is 10.9 Å². The molecule has 1 atom stereocenters. The van der Waals surface area contributed by atoms with E-state index < -0.39 is 0 Å². The van der Waals surface area contributed by atoms with Gasteiger partial charge in [0.25, 0.3) is 11.5 Å². The summed E-state index contributed by atoms with van der Waals surface area (Å²) < 4.78 is 6.70. The molecule has 0 saturated heterocycles. The summed E-state index contributed by atoms with van der Waals surface area (Å²) in [6, 6.07) is 7.08. The van der Waals surface area contributed by atoms with Crippen LogP contribution in [0.1, 0.15) is 37.6 Å². The molecular formula is C18H24N4O3. The fourth-order valence-electron chi connectivity index (χ4n) is 2.19. The van der Waals surface area contributed by atoms with Gasteiger partial charge in [-0.05, 0) is 38.5 Å². The van der Waals surface area contributed by atoms with Gasteiger partial charge in [-0.3, -0.25) is 9.59 Å². The van der Waals surface area contributed by atoms with Crippen LogP contribution < -0.4 is 20.9 Å². The van der Waals surface area contributed by atoms with Gasteiger partial charge in [-0.15, -0.1) is 0 Å². The number of hydrogen-bond donors (Lipinski definition) is 2. The van der Waals surface area contributed by atoms with Crippen LogP contribution in [-0.2, 0) is 7.05 Å². The number of nitrogens with zero attached hydrogens (tertiary/aromatic N) is 2. The van der Waals surface area contributed by atoms with E-state index in [1.807, 2.05) is 20.8 Å². The third-order valence-electron chi connectivity index (χ3n) is 3.79. The van der Waals surface area contributed by atoms with Crippen LogP contribution >= 0.6 is 0 Å². The molecule has 25 heavy (non-hydrogen) atoms. The second kappa shape index (κ2) is 8.32. The third kappa shape index (κ3) is 4.59. The van der Waals surface area contributed by atoms with Crippen molar-refractivity contribution >= 4 is 17.3 Å². The Balaban J connectivity index is 2.30. The first-order valence-electron chi connectivity index (χ1n) is 8.33. The molecule has 0 fully saturated rings. The Bertz CT molecular complexity index is 801. The van der Waals surface area contributed by atoms with E-state index in [0.29, 0.717) is 29.3 Å². The average Bonchev–Trinajstić information content (AvgIpc) is 2.61. The zero-order valence-electron chi connectivity index (χ0n) is 15.0. The van der Waals surface area contributed by atoms with E-state index in [0.717, 1.165) is 6.42 Å². The van der Waals surface area contributed by atoms with Crippen LogP contribution in [-0.4, -0.2) is 28.3 Å². The van der Waals surface area contributed by atoms with E-state index in [2.05, 4.69) is 15.7 Å². The molecule has 1 heterocycles. The van der Waals surface area contributed by atoms with Gasteiger partial charge in [0.1, 0.15) is 0 Å². The van der Waals surface area contributed by atoms with Gasteiger partial charge in [-0.25, -0.2) is 4.68 Å². The first-order valence-corrected chi connectivity index (χ1v) is 8.33. The minimum absolute atomic E-state index is 0.0983. The van der Waals surface area contributed by atoms with Crippen LogP contribution in [0.2, 0.25) is 0 Å². The van der Waals surface area contributed by atoms with E-state index >= 15 is 0 Å². The van der Waals surface area contributed by atoms with Crippen molar-refractivity contribution < 1.29 is 9.53 Å². The molecule has 0 aliphatic rings. The van der Waals surface area contributed by atoms with Crippen molar-refractivity contribution in [1.29, 1.82) is 0 Å². The lowest BCUT2D eigenvalue weighted by Gasteiger charge is -2.14. The molecule has 0 unspecified atom stereocenters. The SMILES string of the molecule is CCOc1cnn(C)c(=O)c1Nc1cccc(C(=O)N[C@H](C)CC)c1. The zero-order valence-corrected chi connectivity index (χ0v) is 15.0. The lowest BCUT2D eigenvalue weighted by atomic mass is 10.1. The van der Waals surface area contributed by atoms with Crippen LogP contribution in [0.15, 0.2) is 35.3 Å². The van der Waals surface area contributed by atoms with Crippen molar-refractivity contribution in [2.75, 3.05) is 11.9 Å². The predicted octanol–water partition coefficient (Wildman–Crippen LogP) is 2.45. The Hall–Kier alpha value is -2.83. The van der Waals surface area contributed by atoms with Crippen molar-refractivity contribution in [3.8, 4) is 5.75 Å². The van der Waals surface area contributed by atoms with Crippen LogP contribution in [0.4, 0.5) is 11.4 Å². The molecule has 0 spiro atoms. The molecule has 7 heteroatoms. The summed E-state index contributed by atoms with van der Waals surface area (Å²) in [7, 11) is 1.57. The van der Waals surface area contributed by atoms with Gasteiger partial charge in [0.2, 0.25) is 0 Å². The summed E-state index contributed by atoms with van der Waals surface area (Å²) in [6.45, 7) is 6.22. The number of rotatable bonds is 7. The predicted molar refractivity (Wildman–Crippen MR) is 97.6 cm³/mol. The number of amides is 1. The Morgan fingerprint density at radius 3 is 2.80 bits per heavy atom. The molecule has 1 amide bonds. The number of nitrogens with one attached hydrogen (secondary N) is 2. The quantitative estimate of drug-likeness (QED) is 0.806. The molecule has 2 aromatic rings. The highest BCUT2D eigenvalue weighted by Crippen LogP contribution is 2.23. The second-order valence-corrected chi connectivity index (χ2v) is 5.73. The number of benzene rings is 1. The van der Waals surface area contributed by atoms with Gasteiger partial charge in [-0.2, -0.15) is 5.10 Å². The summed E-state index contributed by atoms with van der Waals surface area (Å²) in [6.07, 6.45) is 2.35. The molecule has 0 saturated carbocycles. The second-order valence-electron chi connectivity index (χ2n) is 5.73. The van der Waals surface area contributed by atoms with Crippen LogP contribution in [0.3, 0.4) is 0 Å². The number of anilines is 2. The normalized spacial score (nSPS) is 11.7. The molecule has 0 bridgehead atoms. The third-order valence-corrected chi connectivity index (χ3v) is 3.79. The van der Waals surface area contributed by atoms with Gasteiger partial charge in [0, 0.05) is 24.3 Å². The van der Waals surface area contributed by atoms with E-state index in [-0.39, 0.29) is 17.5 Å². The standard InChI is InChI=1S/C18H24N4O3/c1-5-12(3)20-17(23)13-8-7-9-14(10-13)21-16-15(25-6-2)11-19-22(4)18(16)24/h7-12,21H,5-6H2,1-4H3,(H,20,23)/t12-/m1/s1. The fraction of sp³-hybridized carbons (Fsp3) is 0.389. The van der Waals surface area contributed by atoms with E-state index in [1.54, 1.807) is 31.3 Å². The van der Waals surface area contributed by atoms with Crippen molar-refractivity contribution in [3.63, 3.8) is 0 Å². The summed E-state index contributed by atoms with van der Waals surface area (Å²) >= 11 is 0. The van der Waals surface area contributed by atoms with E-state index in [4.69, 9.17) is 4.74 Å². The Kier molecular flexibility index (Phi) is 6.16. The van der Waals surface area contributed by atoms with Crippen molar-refractivity contribution in [3.05, 3.63) is 46.4 Å². The number of aryl methyl sites for hydroxylation is 1. The highest BCUT2D eigenvalue weighted by Gasteiger charge is 2.13. The molecular weight excluding hydrogens is 320 g/mol. The molecule has 0 aliphatic heterocycles. The molecule has 7 nitrogen and oxygen atoms in total. The Morgan fingerprint density at radius 1 is 1.36 bits per heavy atom. The van der Waals surface area contributed by atoms with Gasteiger partial charge in [0.15, 0.2) is 11.4 Å². The average molecular weight is 344 g/mol. The Morgan fingerprint density at radius 2 is 2.12 bits per heavy atom. The number of carbonyl (C=O) groups is 1. The summed E-state index contributed by atoms with van der Waals surface area (Å²) in [4.78, 5) is 24.6. The Labute approximate surface area is 147 Å². The molecule has 134 valence electrons.